The fourth-order valence-corrected chi connectivity index (χ4v) is 2.79. The van der Waals surface area contributed by atoms with E-state index in [0.29, 0.717) is 0 Å². The van der Waals surface area contributed by atoms with E-state index >= 15 is 0 Å². The van der Waals surface area contributed by atoms with Crippen LogP contribution in [0.25, 0.3) is 0 Å². The predicted octanol–water partition coefficient (Wildman–Crippen LogP) is -0.0568. The van der Waals surface area contributed by atoms with Gasteiger partial charge in [0.1, 0.15) is 5.92 Å². The van der Waals surface area contributed by atoms with Crippen LogP contribution in [0, 0.1) is 5.92 Å². The zero-order chi connectivity index (χ0) is 13.3. The van der Waals surface area contributed by atoms with Gasteiger partial charge in [-0.05, 0) is 33.1 Å². The van der Waals surface area contributed by atoms with E-state index in [1.165, 1.54) is 0 Å². The van der Waals surface area contributed by atoms with E-state index in [-0.39, 0.29) is 24.4 Å². The molecular weight excluding hydrogens is 234 g/mol. The lowest BCUT2D eigenvalue weighted by Gasteiger charge is -2.39. The molecule has 100 valence electrons. The van der Waals surface area contributed by atoms with E-state index in [1.807, 2.05) is 18.7 Å². The van der Waals surface area contributed by atoms with E-state index in [9.17, 15) is 14.4 Å². The van der Waals surface area contributed by atoms with Crippen molar-refractivity contribution in [3.8, 4) is 0 Å². The fourth-order valence-electron chi connectivity index (χ4n) is 2.79. The van der Waals surface area contributed by atoms with Crippen molar-refractivity contribution in [2.45, 2.75) is 51.6 Å². The maximum absolute atomic E-state index is 12.2. The number of likely N-dealkylation sites (tertiary alicyclic amines) is 1. The number of piperidine rings is 1. The Morgan fingerprint density at radius 3 is 2.17 bits per heavy atom. The third-order valence-corrected chi connectivity index (χ3v) is 3.80. The summed E-state index contributed by atoms with van der Waals surface area (Å²) in [5, 5.41) is 0. The van der Waals surface area contributed by atoms with Crippen LogP contribution in [-0.2, 0) is 14.4 Å². The van der Waals surface area contributed by atoms with Gasteiger partial charge in [-0.15, -0.1) is 0 Å². The number of amides is 3. The first kappa shape index (κ1) is 12.9. The average Bonchev–Trinajstić information content (AvgIpc) is 2.60. The summed E-state index contributed by atoms with van der Waals surface area (Å²) in [5.74, 6) is -1.80. The van der Waals surface area contributed by atoms with Crippen molar-refractivity contribution in [1.29, 1.82) is 0 Å². The minimum Gasteiger partial charge on any atom is -0.337 e. The third-order valence-electron chi connectivity index (χ3n) is 3.80. The van der Waals surface area contributed by atoms with Gasteiger partial charge in [0.15, 0.2) is 0 Å². The zero-order valence-corrected chi connectivity index (χ0v) is 10.7. The molecule has 2 heterocycles. The second kappa shape index (κ2) is 4.96. The van der Waals surface area contributed by atoms with Crippen LogP contribution in [-0.4, -0.2) is 34.7 Å². The van der Waals surface area contributed by atoms with Crippen molar-refractivity contribution in [3.05, 3.63) is 0 Å². The van der Waals surface area contributed by atoms with Crippen molar-refractivity contribution in [2.24, 2.45) is 5.92 Å². The molecule has 0 aliphatic carbocycles. The first-order valence-electron chi connectivity index (χ1n) is 6.41. The van der Waals surface area contributed by atoms with E-state index in [1.54, 1.807) is 0 Å². The number of hydrogen-bond acceptors (Lipinski definition) is 3. The molecule has 3 amide bonds. The van der Waals surface area contributed by atoms with E-state index in [2.05, 4.69) is 10.9 Å². The van der Waals surface area contributed by atoms with Crippen molar-refractivity contribution >= 4 is 17.7 Å². The summed E-state index contributed by atoms with van der Waals surface area (Å²) in [6.07, 6.45) is 3.06. The molecule has 0 bridgehead atoms. The molecule has 0 saturated carbocycles. The maximum atomic E-state index is 12.2. The molecule has 2 aliphatic rings. The van der Waals surface area contributed by atoms with Gasteiger partial charge in [-0.1, -0.05) is 0 Å². The summed E-state index contributed by atoms with van der Waals surface area (Å²) in [6, 6.07) is 0.377. The summed E-state index contributed by atoms with van der Waals surface area (Å²) in [4.78, 5) is 36.9. The Morgan fingerprint density at radius 2 is 1.67 bits per heavy atom. The predicted molar refractivity (Wildman–Crippen MR) is 64.0 cm³/mol. The Labute approximate surface area is 106 Å². The lowest BCUT2D eigenvalue weighted by molar-refractivity contribution is -0.142. The monoisotopic (exact) mass is 253 g/mol. The highest BCUT2D eigenvalue weighted by atomic mass is 16.2. The highest BCUT2D eigenvalue weighted by Crippen LogP contribution is 2.24. The van der Waals surface area contributed by atoms with Gasteiger partial charge in [0.05, 0.1) is 0 Å². The summed E-state index contributed by atoms with van der Waals surface area (Å²) >= 11 is 0. The van der Waals surface area contributed by atoms with Crippen molar-refractivity contribution in [3.63, 3.8) is 0 Å². The second-order valence-electron chi connectivity index (χ2n) is 5.17. The van der Waals surface area contributed by atoms with Crippen LogP contribution in [0.1, 0.15) is 39.5 Å². The van der Waals surface area contributed by atoms with Crippen LogP contribution in [0.5, 0.6) is 0 Å². The molecule has 0 aromatic rings. The van der Waals surface area contributed by atoms with E-state index in [4.69, 9.17) is 0 Å². The summed E-state index contributed by atoms with van der Waals surface area (Å²) in [6.45, 7) is 4.03. The lowest BCUT2D eigenvalue weighted by Crippen LogP contribution is -2.48. The lowest BCUT2D eigenvalue weighted by atomic mass is 9.95. The topological polar surface area (TPSA) is 78.5 Å². The molecule has 2 atom stereocenters. The molecule has 2 fully saturated rings. The zero-order valence-electron chi connectivity index (χ0n) is 10.7. The number of hydrogen-bond donors (Lipinski definition) is 2. The summed E-state index contributed by atoms with van der Waals surface area (Å²) < 4.78 is 0. The third kappa shape index (κ3) is 2.32. The van der Waals surface area contributed by atoms with Crippen molar-refractivity contribution < 1.29 is 14.4 Å². The molecule has 0 radical (unpaired) electrons. The minimum atomic E-state index is -0.876. The van der Waals surface area contributed by atoms with Crippen LogP contribution in [0.15, 0.2) is 0 Å². The summed E-state index contributed by atoms with van der Waals surface area (Å²) in [5.41, 5.74) is 4.48. The van der Waals surface area contributed by atoms with E-state index in [0.717, 1.165) is 19.3 Å². The molecular formula is C12H19N3O3. The van der Waals surface area contributed by atoms with Gasteiger partial charge in [0, 0.05) is 18.5 Å². The Morgan fingerprint density at radius 1 is 1.17 bits per heavy atom. The molecule has 0 aromatic heterocycles. The van der Waals surface area contributed by atoms with Gasteiger partial charge in [0.25, 0.3) is 11.8 Å². The molecule has 6 nitrogen and oxygen atoms in total. The SMILES string of the molecule is CC1CCCC(C)N1C(=O)CC1C(=O)NNC1=O. The Hall–Kier alpha value is -1.59. The minimum absolute atomic E-state index is 0.0354. The molecule has 2 aliphatic heterocycles. The van der Waals surface area contributed by atoms with Gasteiger partial charge < -0.3 is 4.90 Å². The van der Waals surface area contributed by atoms with Crippen molar-refractivity contribution in [1.82, 2.24) is 15.8 Å². The normalized spacial score (nSPS) is 29.1. The van der Waals surface area contributed by atoms with Crippen molar-refractivity contribution in [2.75, 3.05) is 0 Å². The Bertz CT molecular complexity index is 357. The average molecular weight is 253 g/mol. The molecule has 0 spiro atoms. The smallest absolute Gasteiger partial charge is 0.251 e. The van der Waals surface area contributed by atoms with Crippen LogP contribution in [0.2, 0.25) is 0 Å². The number of nitrogens with one attached hydrogen (secondary N) is 2. The second-order valence-corrected chi connectivity index (χ2v) is 5.17. The maximum Gasteiger partial charge on any atom is 0.251 e. The molecule has 2 unspecified atom stereocenters. The largest absolute Gasteiger partial charge is 0.337 e. The first-order chi connectivity index (χ1) is 8.50. The molecule has 18 heavy (non-hydrogen) atoms. The van der Waals surface area contributed by atoms with Crippen LogP contribution < -0.4 is 10.9 Å². The summed E-state index contributed by atoms with van der Waals surface area (Å²) in [7, 11) is 0. The van der Waals surface area contributed by atoms with Gasteiger partial charge in [-0.25, -0.2) is 0 Å². The fraction of sp³-hybridized carbons (Fsp3) is 0.750. The highest BCUT2D eigenvalue weighted by molar-refractivity contribution is 6.07. The Balaban J connectivity index is 2.02. The molecule has 2 saturated heterocycles. The first-order valence-corrected chi connectivity index (χ1v) is 6.41. The molecule has 0 aromatic carbocycles. The van der Waals surface area contributed by atoms with Gasteiger partial charge >= 0.3 is 0 Å². The van der Waals surface area contributed by atoms with Gasteiger partial charge in [-0.3, -0.25) is 25.2 Å². The number of carbonyl (C=O) groups excluding carboxylic acids is 3. The van der Waals surface area contributed by atoms with Crippen LogP contribution in [0.4, 0.5) is 0 Å². The quantitative estimate of drug-likeness (QED) is 0.677. The standard InChI is InChI=1S/C12H19N3O3/c1-7-4-3-5-8(2)15(7)10(16)6-9-11(17)13-14-12(9)18/h7-9H,3-6H2,1-2H3,(H,13,17)(H,14,18). The molecule has 2 N–H and O–H groups in total. The number of carbonyl (C=O) groups is 3. The Kier molecular flexibility index (Phi) is 3.54. The van der Waals surface area contributed by atoms with Gasteiger partial charge in [0.2, 0.25) is 5.91 Å². The van der Waals surface area contributed by atoms with Gasteiger partial charge in [-0.2, -0.15) is 0 Å². The number of nitrogens with zero attached hydrogens (tertiary/aromatic N) is 1. The molecule has 6 heteroatoms. The van der Waals surface area contributed by atoms with Crippen LogP contribution in [0.3, 0.4) is 0 Å². The number of hydrazine groups is 1. The van der Waals surface area contributed by atoms with E-state index < -0.39 is 17.7 Å². The van der Waals surface area contributed by atoms with Crippen LogP contribution >= 0.6 is 0 Å². The number of rotatable bonds is 2. The molecule has 2 rings (SSSR count). The highest BCUT2D eigenvalue weighted by Gasteiger charge is 2.38.